The zero-order chi connectivity index (χ0) is 22.5. The molecule has 164 valence electrons. The Hall–Kier alpha value is -2.88. The van der Waals surface area contributed by atoms with Crippen LogP contribution in [-0.4, -0.2) is 11.1 Å². The van der Waals surface area contributed by atoms with E-state index in [1.54, 1.807) is 6.07 Å². The maximum Gasteiger partial charge on any atom is 0.130 e. The van der Waals surface area contributed by atoms with Crippen LogP contribution in [0, 0.1) is 19.7 Å². The first-order chi connectivity index (χ1) is 14.8. The van der Waals surface area contributed by atoms with Gasteiger partial charge in [-0.15, -0.1) is 0 Å². The van der Waals surface area contributed by atoms with Gasteiger partial charge in [0.25, 0.3) is 0 Å². The Labute approximate surface area is 185 Å². The summed E-state index contributed by atoms with van der Waals surface area (Å²) >= 11 is 0. The van der Waals surface area contributed by atoms with Gasteiger partial charge < -0.3 is 9.47 Å². The molecule has 2 aromatic carbocycles. The van der Waals surface area contributed by atoms with Crippen molar-refractivity contribution < 1.29 is 13.9 Å². The van der Waals surface area contributed by atoms with Crippen molar-refractivity contribution in [1.82, 2.24) is 4.98 Å². The topological polar surface area (TPSA) is 31.4 Å². The first kappa shape index (κ1) is 22.8. The summed E-state index contributed by atoms with van der Waals surface area (Å²) in [6.07, 6.45) is 1.91. The second-order valence-electron chi connectivity index (χ2n) is 8.09. The van der Waals surface area contributed by atoms with Crippen LogP contribution in [0.2, 0.25) is 0 Å². The smallest absolute Gasteiger partial charge is 0.130 e. The minimum Gasteiger partial charge on any atom is -0.490 e. The number of pyridine rings is 1. The number of rotatable bonds is 8. The quantitative estimate of drug-likeness (QED) is 0.392. The molecule has 0 atom stereocenters. The van der Waals surface area contributed by atoms with Gasteiger partial charge in [0, 0.05) is 17.3 Å². The van der Waals surface area contributed by atoms with Crippen molar-refractivity contribution in [2.45, 2.75) is 67.1 Å². The summed E-state index contributed by atoms with van der Waals surface area (Å²) in [4.78, 5) is 4.96. The fourth-order valence-corrected chi connectivity index (χ4v) is 3.83. The number of aryl methyl sites for hydroxylation is 4. The van der Waals surface area contributed by atoms with E-state index in [0.29, 0.717) is 12.4 Å². The highest BCUT2D eigenvalue weighted by Gasteiger charge is 2.18. The van der Waals surface area contributed by atoms with Crippen LogP contribution in [0.5, 0.6) is 11.5 Å². The van der Waals surface area contributed by atoms with Gasteiger partial charge in [0.05, 0.1) is 17.4 Å². The molecule has 0 aliphatic heterocycles. The molecule has 0 radical (unpaired) electrons. The van der Waals surface area contributed by atoms with Gasteiger partial charge in [-0.3, -0.25) is 4.98 Å². The summed E-state index contributed by atoms with van der Waals surface area (Å²) < 4.78 is 25.6. The summed E-state index contributed by atoms with van der Waals surface area (Å²) in [7, 11) is 0. The Balaban J connectivity index is 2.04. The summed E-state index contributed by atoms with van der Waals surface area (Å²) in [6, 6.07) is 13.0. The zero-order valence-electron chi connectivity index (χ0n) is 19.4. The third kappa shape index (κ3) is 5.25. The van der Waals surface area contributed by atoms with Gasteiger partial charge in [-0.05, 0) is 75.4 Å². The summed E-state index contributed by atoms with van der Waals surface area (Å²) in [5, 5.41) is 0. The lowest BCUT2D eigenvalue weighted by molar-refractivity contribution is 0.229. The van der Waals surface area contributed by atoms with Crippen LogP contribution in [-0.2, 0) is 19.4 Å². The highest BCUT2D eigenvalue weighted by Crippen LogP contribution is 2.34. The molecule has 0 aliphatic carbocycles. The second-order valence-corrected chi connectivity index (χ2v) is 8.09. The molecule has 0 N–H and O–H groups in total. The summed E-state index contributed by atoms with van der Waals surface area (Å²) in [6.45, 7) is 12.5. The SMILES string of the molecule is CCc1cccc(CC)c1-c1cc(OC(C)C)c(COc2ccc(F)cc2C)c(C)n1. The first-order valence-electron chi connectivity index (χ1n) is 11.0. The van der Waals surface area contributed by atoms with Crippen LogP contribution in [0.1, 0.15) is 55.6 Å². The molecule has 3 nitrogen and oxygen atoms in total. The molecule has 0 aliphatic rings. The number of ether oxygens (including phenoxy) is 2. The molecule has 31 heavy (non-hydrogen) atoms. The lowest BCUT2D eigenvalue weighted by atomic mass is 9.94. The predicted octanol–water partition coefficient (Wildman–Crippen LogP) is 7.00. The van der Waals surface area contributed by atoms with Gasteiger partial charge in [0.2, 0.25) is 0 Å². The number of hydrogen-bond donors (Lipinski definition) is 0. The fourth-order valence-electron chi connectivity index (χ4n) is 3.83. The van der Waals surface area contributed by atoms with E-state index in [0.717, 1.165) is 41.1 Å². The minimum atomic E-state index is -0.266. The van der Waals surface area contributed by atoms with Gasteiger partial charge in [-0.1, -0.05) is 32.0 Å². The lowest BCUT2D eigenvalue weighted by Crippen LogP contribution is -2.12. The highest BCUT2D eigenvalue weighted by atomic mass is 19.1. The molecule has 0 bridgehead atoms. The molecular formula is C27H32FNO2. The Bertz CT molecular complexity index is 1040. The van der Waals surface area contributed by atoms with E-state index in [1.165, 1.54) is 28.8 Å². The normalized spacial score (nSPS) is 11.1. The molecule has 1 aromatic heterocycles. The van der Waals surface area contributed by atoms with E-state index in [-0.39, 0.29) is 11.9 Å². The average molecular weight is 422 g/mol. The van der Waals surface area contributed by atoms with E-state index in [4.69, 9.17) is 14.5 Å². The Morgan fingerprint density at radius 2 is 1.61 bits per heavy atom. The van der Waals surface area contributed by atoms with Crippen LogP contribution in [0.25, 0.3) is 11.3 Å². The van der Waals surface area contributed by atoms with E-state index >= 15 is 0 Å². The molecule has 3 rings (SSSR count). The maximum absolute atomic E-state index is 13.4. The number of hydrogen-bond acceptors (Lipinski definition) is 3. The number of aromatic nitrogens is 1. The fraction of sp³-hybridized carbons (Fsp3) is 0.370. The monoisotopic (exact) mass is 421 g/mol. The third-order valence-corrected chi connectivity index (χ3v) is 5.42. The number of benzene rings is 2. The molecule has 0 amide bonds. The van der Waals surface area contributed by atoms with Crippen LogP contribution >= 0.6 is 0 Å². The number of nitrogens with zero attached hydrogens (tertiary/aromatic N) is 1. The summed E-state index contributed by atoms with van der Waals surface area (Å²) in [5.74, 6) is 1.17. The van der Waals surface area contributed by atoms with Crippen molar-refractivity contribution in [1.29, 1.82) is 0 Å². The molecule has 0 spiro atoms. The van der Waals surface area contributed by atoms with Gasteiger partial charge in [-0.25, -0.2) is 4.39 Å². The third-order valence-electron chi connectivity index (χ3n) is 5.42. The Kier molecular flexibility index (Phi) is 7.32. The first-order valence-corrected chi connectivity index (χ1v) is 11.0. The van der Waals surface area contributed by atoms with Crippen LogP contribution in [0.15, 0.2) is 42.5 Å². The number of halogens is 1. The molecule has 3 aromatic rings. The van der Waals surface area contributed by atoms with Crippen molar-refractivity contribution >= 4 is 0 Å². The van der Waals surface area contributed by atoms with Gasteiger partial charge >= 0.3 is 0 Å². The van der Waals surface area contributed by atoms with Gasteiger partial charge in [0.15, 0.2) is 0 Å². The molecule has 0 fully saturated rings. The van der Waals surface area contributed by atoms with Gasteiger partial charge in [-0.2, -0.15) is 0 Å². The molecule has 0 saturated heterocycles. The Morgan fingerprint density at radius 1 is 0.935 bits per heavy atom. The van der Waals surface area contributed by atoms with Crippen molar-refractivity contribution in [3.8, 4) is 22.8 Å². The second kappa shape index (κ2) is 9.95. The predicted molar refractivity (Wildman–Crippen MR) is 124 cm³/mol. The molecular weight excluding hydrogens is 389 g/mol. The Morgan fingerprint density at radius 3 is 2.19 bits per heavy atom. The van der Waals surface area contributed by atoms with E-state index in [1.807, 2.05) is 33.8 Å². The average Bonchev–Trinajstić information content (AvgIpc) is 2.73. The largest absolute Gasteiger partial charge is 0.490 e. The van der Waals surface area contributed by atoms with E-state index in [9.17, 15) is 4.39 Å². The van der Waals surface area contributed by atoms with Crippen LogP contribution in [0.3, 0.4) is 0 Å². The lowest BCUT2D eigenvalue weighted by Gasteiger charge is -2.20. The standard InChI is InChI=1S/C27H32FNO2/c1-7-20-10-9-11-21(8-2)27(20)24-15-26(31-17(3)4)23(19(6)29-24)16-30-25-13-12-22(28)14-18(25)5/h9-15,17H,7-8,16H2,1-6H3. The molecule has 4 heteroatoms. The van der Waals surface area contributed by atoms with Gasteiger partial charge in [0.1, 0.15) is 23.9 Å². The molecule has 0 unspecified atom stereocenters. The zero-order valence-corrected chi connectivity index (χ0v) is 19.4. The maximum atomic E-state index is 13.4. The van der Waals surface area contributed by atoms with Crippen molar-refractivity contribution in [3.05, 3.63) is 76.2 Å². The molecule has 0 saturated carbocycles. The van der Waals surface area contributed by atoms with Crippen molar-refractivity contribution in [3.63, 3.8) is 0 Å². The molecule has 1 heterocycles. The van der Waals surface area contributed by atoms with Crippen LogP contribution in [0.4, 0.5) is 4.39 Å². The van der Waals surface area contributed by atoms with Crippen LogP contribution < -0.4 is 9.47 Å². The van der Waals surface area contributed by atoms with Crippen molar-refractivity contribution in [2.24, 2.45) is 0 Å². The van der Waals surface area contributed by atoms with E-state index in [2.05, 4.69) is 32.0 Å². The minimum absolute atomic E-state index is 0.0213. The summed E-state index contributed by atoms with van der Waals surface area (Å²) in [5.41, 5.74) is 7.25. The van der Waals surface area contributed by atoms with Crippen molar-refractivity contribution in [2.75, 3.05) is 0 Å². The highest BCUT2D eigenvalue weighted by molar-refractivity contribution is 5.70. The van der Waals surface area contributed by atoms with E-state index < -0.39 is 0 Å².